The van der Waals surface area contributed by atoms with Gasteiger partial charge in [0.25, 0.3) is 0 Å². The van der Waals surface area contributed by atoms with Crippen LogP contribution in [-0.2, 0) is 24.1 Å². The molecule has 2 fully saturated rings. The molecule has 11 heteroatoms. The number of carbonyl (C=O) groups excluding carboxylic acids is 1. The molecule has 35 heavy (non-hydrogen) atoms. The number of rotatable bonds is 2. The lowest BCUT2D eigenvalue weighted by atomic mass is 9.96. The molecule has 4 heterocycles. The second-order valence-electron chi connectivity index (χ2n) is 12.9. The molecule has 10 nitrogen and oxygen atoms in total. The predicted molar refractivity (Wildman–Crippen MR) is 134 cm³/mol. The van der Waals surface area contributed by atoms with Crippen LogP contribution in [0.1, 0.15) is 69.2 Å². The van der Waals surface area contributed by atoms with E-state index in [1.165, 1.54) is 6.33 Å². The third kappa shape index (κ3) is 4.01. The molecule has 2 saturated heterocycles. The minimum atomic E-state index is -2.80. The van der Waals surface area contributed by atoms with Crippen molar-refractivity contribution in [1.82, 2.24) is 19.5 Å². The third-order valence-electron chi connectivity index (χ3n) is 7.07. The Morgan fingerprint density at radius 3 is 2.31 bits per heavy atom. The van der Waals surface area contributed by atoms with E-state index in [4.69, 9.17) is 13.6 Å². The molecule has 0 aromatic carbocycles. The van der Waals surface area contributed by atoms with Gasteiger partial charge in [0, 0.05) is 15.5 Å². The molecule has 2 aromatic heterocycles. The maximum atomic E-state index is 12.6. The topological polar surface area (TPSA) is 121 Å². The highest BCUT2D eigenvalue weighted by atomic mass is 28.4. The Balaban J connectivity index is 1.71. The van der Waals surface area contributed by atoms with E-state index >= 15 is 0 Å². The highest BCUT2D eigenvalue weighted by Crippen LogP contribution is 2.56. The molecule has 194 valence electrons. The van der Waals surface area contributed by atoms with Gasteiger partial charge in [0.15, 0.2) is 22.7 Å². The number of imidazole rings is 1. The molecule has 0 bridgehead atoms. The molecule has 0 saturated carbocycles. The molecule has 2 aromatic rings. The van der Waals surface area contributed by atoms with Gasteiger partial charge in [0.05, 0.1) is 12.9 Å². The summed E-state index contributed by atoms with van der Waals surface area (Å²) in [6.45, 7) is 20.4. The van der Waals surface area contributed by atoms with Crippen LogP contribution in [0.25, 0.3) is 11.2 Å². The van der Waals surface area contributed by atoms with E-state index < -0.39 is 38.0 Å². The van der Waals surface area contributed by atoms with E-state index in [-0.39, 0.29) is 16.0 Å². The number of carbonyl (C=O) groups is 1. The van der Waals surface area contributed by atoms with Crippen molar-refractivity contribution < 1.29 is 23.5 Å². The van der Waals surface area contributed by atoms with Gasteiger partial charge in [-0.25, -0.2) is 15.0 Å². The van der Waals surface area contributed by atoms with Gasteiger partial charge in [-0.05, 0) is 6.92 Å². The van der Waals surface area contributed by atoms with E-state index in [1.54, 1.807) is 17.8 Å². The minimum absolute atomic E-state index is 0.183. The van der Waals surface area contributed by atoms with Crippen molar-refractivity contribution >= 4 is 31.4 Å². The molecular formula is C24H39N5O5Si. The number of aromatic nitrogens is 4. The van der Waals surface area contributed by atoms with Crippen molar-refractivity contribution in [2.75, 3.05) is 11.9 Å². The van der Waals surface area contributed by atoms with Crippen LogP contribution in [0.2, 0.25) is 10.1 Å². The Hall–Kier alpha value is -1.92. The number of nitrogens with one attached hydrogen (secondary N) is 1. The lowest BCUT2D eigenvalue weighted by Crippen LogP contribution is -2.65. The van der Waals surface area contributed by atoms with Crippen LogP contribution in [0, 0.1) is 5.41 Å². The highest BCUT2D eigenvalue weighted by molar-refractivity contribution is 6.73. The smallest absolute Gasteiger partial charge is 0.349 e. The summed E-state index contributed by atoms with van der Waals surface area (Å²) in [7, 11) is -2.80. The first-order valence-electron chi connectivity index (χ1n) is 12.1. The number of hydrogen-bond donors (Lipinski definition) is 2. The van der Waals surface area contributed by atoms with Gasteiger partial charge in [0.2, 0.25) is 5.91 Å². The van der Waals surface area contributed by atoms with Crippen LogP contribution in [0.3, 0.4) is 0 Å². The van der Waals surface area contributed by atoms with Crippen LogP contribution >= 0.6 is 0 Å². The molecule has 2 aliphatic heterocycles. The van der Waals surface area contributed by atoms with Crippen molar-refractivity contribution in [1.29, 1.82) is 0 Å². The van der Waals surface area contributed by atoms with Gasteiger partial charge in [-0.3, -0.25) is 9.36 Å². The molecular weight excluding hydrogens is 466 g/mol. The summed E-state index contributed by atoms with van der Waals surface area (Å²) in [5.74, 6) is 0.131. The van der Waals surface area contributed by atoms with Crippen LogP contribution in [0.15, 0.2) is 12.7 Å². The molecule has 4 rings (SSSR count). The Kier molecular flexibility index (Phi) is 6.01. The van der Waals surface area contributed by atoms with E-state index in [9.17, 15) is 9.90 Å². The molecule has 0 radical (unpaired) electrons. The first kappa shape index (κ1) is 26.1. The Morgan fingerprint density at radius 1 is 1.11 bits per heavy atom. The van der Waals surface area contributed by atoms with E-state index in [0.29, 0.717) is 23.6 Å². The number of amides is 1. The summed E-state index contributed by atoms with van der Waals surface area (Å²) in [5, 5.41) is 14.0. The summed E-state index contributed by atoms with van der Waals surface area (Å²) in [5.41, 5.74) is -0.935. The normalized spacial score (nSPS) is 29.3. The Bertz CT molecular complexity index is 1120. The predicted octanol–water partition coefficient (Wildman–Crippen LogP) is 3.70. The van der Waals surface area contributed by atoms with Crippen molar-refractivity contribution in [3.63, 3.8) is 0 Å². The molecule has 0 aliphatic carbocycles. The van der Waals surface area contributed by atoms with Crippen LogP contribution in [0.4, 0.5) is 5.82 Å². The quantitative estimate of drug-likeness (QED) is 0.593. The average Bonchev–Trinajstić information content (AvgIpc) is 3.26. The van der Waals surface area contributed by atoms with E-state index in [2.05, 4.69) is 61.8 Å². The molecule has 2 N–H and O–H groups in total. The molecule has 0 spiro atoms. The zero-order chi connectivity index (χ0) is 26.2. The first-order chi connectivity index (χ1) is 15.9. The first-order valence-corrected chi connectivity index (χ1v) is 13.9. The minimum Gasteiger partial charge on any atom is -0.391 e. The van der Waals surface area contributed by atoms with E-state index in [0.717, 1.165) is 0 Å². The maximum Gasteiger partial charge on any atom is 0.349 e. The van der Waals surface area contributed by atoms with Crippen LogP contribution < -0.4 is 5.32 Å². The second-order valence-corrected chi connectivity index (χ2v) is 17.6. The van der Waals surface area contributed by atoms with Crippen molar-refractivity contribution in [3.8, 4) is 0 Å². The Labute approximate surface area is 208 Å². The fourth-order valence-electron chi connectivity index (χ4n) is 5.30. The summed E-state index contributed by atoms with van der Waals surface area (Å²) in [4.78, 5) is 25.7. The van der Waals surface area contributed by atoms with Gasteiger partial charge in [-0.15, -0.1) is 0 Å². The van der Waals surface area contributed by atoms with Gasteiger partial charge < -0.3 is 24.0 Å². The highest BCUT2D eigenvalue weighted by Gasteiger charge is 2.66. The lowest BCUT2D eigenvalue weighted by Gasteiger charge is -2.53. The van der Waals surface area contributed by atoms with Crippen molar-refractivity contribution in [2.24, 2.45) is 5.41 Å². The number of fused-ring (bicyclic) bond motifs is 2. The summed E-state index contributed by atoms with van der Waals surface area (Å²) >= 11 is 0. The maximum absolute atomic E-state index is 12.6. The zero-order valence-corrected chi connectivity index (χ0v) is 23.5. The fourth-order valence-corrected chi connectivity index (χ4v) is 10.3. The SMILES string of the molecule is CC(C)(C)C(=O)Nc1ncnc2c1ncn2[C@]1(C)O[C@@H]2CO[Si](C(C)(C)C)(C(C)(C)C)O[C@H]2[C@H]1O. The second kappa shape index (κ2) is 8.04. The van der Waals surface area contributed by atoms with Crippen LogP contribution in [-0.4, -0.2) is 64.0 Å². The zero-order valence-electron chi connectivity index (χ0n) is 22.5. The van der Waals surface area contributed by atoms with Gasteiger partial charge in [-0.2, -0.15) is 0 Å². The number of aliphatic hydroxyl groups is 1. The van der Waals surface area contributed by atoms with Crippen molar-refractivity contribution in [3.05, 3.63) is 12.7 Å². The van der Waals surface area contributed by atoms with Gasteiger partial charge in [-0.1, -0.05) is 62.3 Å². The average molecular weight is 506 g/mol. The molecule has 4 atom stereocenters. The summed E-state index contributed by atoms with van der Waals surface area (Å²) in [6.07, 6.45) is 0.935. The van der Waals surface area contributed by atoms with Gasteiger partial charge in [0.1, 0.15) is 24.6 Å². The number of hydrogen-bond acceptors (Lipinski definition) is 8. The molecule has 1 amide bonds. The Morgan fingerprint density at radius 2 is 1.74 bits per heavy atom. The third-order valence-corrected chi connectivity index (χ3v) is 12.2. The van der Waals surface area contributed by atoms with Crippen LogP contribution in [0.5, 0.6) is 0 Å². The molecule has 0 unspecified atom stereocenters. The summed E-state index contributed by atoms with van der Waals surface area (Å²) < 4.78 is 21.4. The standard InChI is InChI=1S/C24H39N5O5Si/c1-21(2,3)20(31)28-18-15-19(26-12-25-18)29(13-27-15)24(10)17(30)16-14(33-24)11-32-35(34-16,22(4,5)6)23(7,8)9/h12-14,16-17,30H,11H2,1-10H3,(H,25,26,28,31)/t14-,16-,17-,24-/m1/s1. The molecule has 2 aliphatic rings. The number of nitrogens with zero attached hydrogens (tertiary/aromatic N) is 4. The number of aliphatic hydroxyl groups excluding tert-OH is 1. The monoisotopic (exact) mass is 505 g/mol. The van der Waals surface area contributed by atoms with Crippen molar-refractivity contribution in [2.45, 2.75) is 103 Å². The summed E-state index contributed by atoms with van der Waals surface area (Å²) in [6, 6.07) is 0. The lowest BCUT2D eigenvalue weighted by molar-refractivity contribution is -0.134. The largest absolute Gasteiger partial charge is 0.391 e. The van der Waals surface area contributed by atoms with E-state index in [1.807, 2.05) is 20.8 Å². The number of ether oxygens (including phenoxy) is 1. The fraction of sp³-hybridized carbons (Fsp3) is 0.750. The van der Waals surface area contributed by atoms with Gasteiger partial charge >= 0.3 is 8.56 Å². The number of anilines is 1.